The Morgan fingerprint density at radius 1 is 1.16 bits per heavy atom. The third-order valence-electron chi connectivity index (χ3n) is 5.54. The van der Waals surface area contributed by atoms with Gasteiger partial charge in [-0.1, -0.05) is 43.0 Å². The van der Waals surface area contributed by atoms with E-state index in [1.807, 2.05) is 24.3 Å². The van der Waals surface area contributed by atoms with E-state index in [1.54, 1.807) is 30.3 Å². The minimum atomic E-state index is -0.581. The second kappa shape index (κ2) is 9.78. The summed E-state index contributed by atoms with van der Waals surface area (Å²) >= 11 is 0. The van der Waals surface area contributed by atoms with E-state index in [4.69, 9.17) is 13.9 Å². The predicted octanol–water partition coefficient (Wildman–Crippen LogP) is 5.17. The van der Waals surface area contributed by atoms with E-state index in [0.717, 1.165) is 10.1 Å². The lowest BCUT2D eigenvalue weighted by Gasteiger charge is -2.11. The molecule has 10 heteroatoms. The summed E-state index contributed by atoms with van der Waals surface area (Å²) in [5.74, 6) is 0.637. The van der Waals surface area contributed by atoms with Crippen molar-refractivity contribution in [1.29, 1.82) is 0 Å². The molecule has 0 saturated heterocycles. The van der Waals surface area contributed by atoms with Gasteiger partial charge in [0.05, 0.1) is 29.2 Å². The molecule has 2 aromatic heterocycles. The molecular weight excluding hydrogens is 476 g/mol. The van der Waals surface area contributed by atoms with Gasteiger partial charge in [-0.25, -0.2) is 4.98 Å². The maximum Gasteiger partial charge on any atom is 0.315 e. The molecule has 184 valence electrons. The number of aromatic nitrogens is 2. The van der Waals surface area contributed by atoms with Crippen LogP contribution in [0.5, 0.6) is 11.5 Å². The second-order valence-corrected chi connectivity index (χ2v) is 7.89. The highest BCUT2D eigenvalue weighted by Crippen LogP contribution is 2.38. The number of ether oxygens (including phenoxy) is 2. The van der Waals surface area contributed by atoms with Crippen LogP contribution in [0.15, 0.2) is 93.7 Å². The maximum absolute atomic E-state index is 13.4. The summed E-state index contributed by atoms with van der Waals surface area (Å²) in [6, 6.07) is 18.9. The molecule has 3 aromatic carbocycles. The van der Waals surface area contributed by atoms with Crippen molar-refractivity contribution in [3.8, 4) is 23.1 Å². The van der Waals surface area contributed by atoms with Crippen molar-refractivity contribution in [2.24, 2.45) is 5.10 Å². The number of methoxy groups -OCH3 is 1. The van der Waals surface area contributed by atoms with Crippen LogP contribution in [0.4, 0.5) is 5.69 Å². The van der Waals surface area contributed by atoms with Crippen molar-refractivity contribution >= 4 is 33.8 Å². The second-order valence-electron chi connectivity index (χ2n) is 7.89. The fraction of sp³-hybridized carbons (Fsp3) is 0.0741. The van der Waals surface area contributed by atoms with Crippen LogP contribution in [0.1, 0.15) is 5.56 Å². The zero-order valence-electron chi connectivity index (χ0n) is 19.7. The molecule has 0 bridgehead atoms. The Balaban J connectivity index is 1.68. The van der Waals surface area contributed by atoms with E-state index in [-0.39, 0.29) is 29.6 Å². The normalized spacial score (nSPS) is 11.3. The number of furan rings is 1. The van der Waals surface area contributed by atoms with Gasteiger partial charge in [-0.3, -0.25) is 14.9 Å². The number of hydrogen-bond acceptors (Lipinski definition) is 8. The summed E-state index contributed by atoms with van der Waals surface area (Å²) in [4.78, 5) is 29.2. The van der Waals surface area contributed by atoms with Crippen molar-refractivity contribution in [3.05, 3.63) is 105 Å². The van der Waals surface area contributed by atoms with Gasteiger partial charge in [0.25, 0.3) is 5.56 Å². The van der Waals surface area contributed by atoms with E-state index >= 15 is 0 Å². The Morgan fingerprint density at radius 3 is 2.70 bits per heavy atom. The fourth-order valence-corrected chi connectivity index (χ4v) is 3.86. The van der Waals surface area contributed by atoms with Gasteiger partial charge in [0.2, 0.25) is 11.6 Å². The molecule has 0 aliphatic rings. The highest BCUT2D eigenvalue weighted by molar-refractivity contribution is 5.85. The van der Waals surface area contributed by atoms with Crippen LogP contribution in [0.2, 0.25) is 0 Å². The van der Waals surface area contributed by atoms with Crippen molar-refractivity contribution < 1.29 is 18.8 Å². The van der Waals surface area contributed by atoms with Crippen LogP contribution in [0.3, 0.4) is 0 Å². The quantitative estimate of drug-likeness (QED) is 0.126. The zero-order chi connectivity index (χ0) is 25.9. The molecule has 37 heavy (non-hydrogen) atoms. The van der Waals surface area contributed by atoms with Crippen molar-refractivity contribution in [1.82, 2.24) is 9.66 Å². The molecule has 5 rings (SSSR count). The first kappa shape index (κ1) is 23.5. The lowest BCUT2D eigenvalue weighted by Crippen LogP contribution is -2.20. The molecule has 0 spiro atoms. The molecule has 5 aromatic rings. The van der Waals surface area contributed by atoms with E-state index in [2.05, 4.69) is 16.7 Å². The summed E-state index contributed by atoms with van der Waals surface area (Å²) in [5.41, 5.74) is 0.681. The number of hydrogen-bond donors (Lipinski definition) is 0. The molecule has 0 atom stereocenters. The van der Waals surface area contributed by atoms with Gasteiger partial charge in [0.1, 0.15) is 12.2 Å². The molecule has 0 radical (unpaired) electrons. The third-order valence-corrected chi connectivity index (χ3v) is 5.54. The van der Waals surface area contributed by atoms with Crippen molar-refractivity contribution in [2.75, 3.05) is 13.7 Å². The van der Waals surface area contributed by atoms with Crippen LogP contribution in [0, 0.1) is 10.1 Å². The summed E-state index contributed by atoms with van der Waals surface area (Å²) in [6.07, 6.45) is 2.79. The number of nitro groups is 1. The van der Waals surface area contributed by atoms with Gasteiger partial charge < -0.3 is 13.9 Å². The molecule has 0 aliphatic carbocycles. The highest BCUT2D eigenvalue weighted by Gasteiger charge is 2.22. The van der Waals surface area contributed by atoms with Gasteiger partial charge in [-0.05, 0) is 30.3 Å². The summed E-state index contributed by atoms with van der Waals surface area (Å²) in [7, 11) is 1.37. The van der Waals surface area contributed by atoms with Crippen LogP contribution in [-0.4, -0.2) is 34.5 Å². The number of nitrogens with zero attached hydrogens (tertiary/aromatic N) is 4. The fourth-order valence-electron chi connectivity index (χ4n) is 3.86. The van der Waals surface area contributed by atoms with E-state index < -0.39 is 10.5 Å². The average Bonchev–Trinajstić information content (AvgIpc) is 3.35. The van der Waals surface area contributed by atoms with E-state index in [1.165, 1.54) is 31.5 Å². The zero-order valence-corrected chi connectivity index (χ0v) is 19.7. The first-order chi connectivity index (χ1) is 18.0. The lowest BCUT2D eigenvalue weighted by atomic mass is 10.2. The average molecular weight is 496 g/mol. The predicted molar refractivity (Wildman–Crippen MR) is 140 cm³/mol. The highest BCUT2D eigenvalue weighted by atomic mass is 16.6. The number of rotatable bonds is 8. The first-order valence-electron chi connectivity index (χ1n) is 11.2. The number of para-hydroxylation sites is 2. The number of benzene rings is 3. The van der Waals surface area contributed by atoms with Gasteiger partial charge in [-0.15, -0.1) is 0 Å². The Labute approximate surface area is 209 Å². The Hall–Kier alpha value is -5.25. The minimum Gasteiger partial charge on any atom is -0.493 e. The van der Waals surface area contributed by atoms with Gasteiger partial charge in [-0.2, -0.15) is 9.78 Å². The first-order valence-corrected chi connectivity index (χ1v) is 11.2. The van der Waals surface area contributed by atoms with Gasteiger partial charge in [0.15, 0.2) is 11.5 Å². The smallest absolute Gasteiger partial charge is 0.315 e. The standard InChI is InChI=1S/C27H20N4O6/c1-3-12-36-25-21(31(33)34)13-17(14-23(25)35-2)16-28-30-26(24-15-18-8-4-7-11-22(18)37-24)29-20-10-6-5-9-19(20)27(30)32/h3-11,13-16H,1,12H2,2H3. The molecule has 0 fully saturated rings. The monoisotopic (exact) mass is 496 g/mol. The van der Waals surface area contributed by atoms with E-state index in [0.29, 0.717) is 27.8 Å². The summed E-state index contributed by atoms with van der Waals surface area (Å²) in [5, 5.41) is 17.3. The molecule has 10 nitrogen and oxygen atoms in total. The number of fused-ring (bicyclic) bond motifs is 2. The van der Waals surface area contributed by atoms with Crippen molar-refractivity contribution in [2.45, 2.75) is 0 Å². The minimum absolute atomic E-state index is 0.0305. The van der Waals surface area contributed by atoms with Crippen molar-refractivity contribution in [3.63, 3.8) is 0 Å². The van der Waals surface area contributed by atoms with Crippen LogP contribution >= 0.6 is 0 Å². The molecule has 0 unspecified atom stereocenters. The lowest BCUT2D eigenvalue weighted by molar-refractivity contribution is -0.385. The SMILES string of the molecule is C=CCOc1c(OC)cc(C=Nn2c(-c3cc4ccccc4o3)nc3ccccc3c2=O)cc1[N+](=O)[O-]. The number of nitro benzene ring substituents is 1. The molecule has 0 saturated carbocycles. The molecule has 0 N–H and O–H groups in total. The Kier molecular flexibility index (Phi) is 6.21. The molecule has 2 heterocycles. The van der Waals surface area contributed by atoms with E-state index in [9.17, 15) is 14.9 Å². The maximum atomic E-state index is 13.4. The van der Waals surface area contributed by atoms with Crippen LogP contribution < -0.4 is 15.0 Å². The molecule has 0 amide bonds. The largest absolute Gasteiger partial charge is 0.493 e. The Bertz CT molecular complexity index is 1720. The molecular formula is C27H20N4O6. The molecule has 0 aliphatic heterocycles. The van der Waals surface area contributed by atoms with Crippen LogP contribution in [0.25, 0.3) is 33.5 Å². The van der Waals surface area contributed by atoms with Crippen LogP contribution in [-0.2, 0) is 0 Å². The van der Waals surface area contributed by atoms with Gasteiger partial charge in [0, 0.05) is 17.0 Å². The summed E-state index contributed by atoms with van der Waals surface area (Å²) < 4.78 is 17.8. The topological polar surface area (TPSA) is 122 Å². The summed E-state index contributed by atoms with van der Waals surface area (Å²) in [6.45, 7) is 3.62. The Morgan fingerprint density at radius 2 is 1.95 bits per heavy atom. The third kappa shape index (κ3) is 4.43. The van der Waals surface area contributed by atoms with Gasteiger partial charge >= 0.3 is 5.69 Å².